The molecule has 0 saturated heterocycles. The van der Waals surface area contributed by atoms with Gasteiger partial charge in [0.2, 0.25) is 0 Å². The van der Waals surface area contributed by atoms with Crippen LogP contribution in [0.3, 0.4) is 0 Å². The SMILES string of the molecule is CC(CNC(=N)N)N=C(N)N. The molecule has 0 heterocycles. The third kappa shape index (κ3) is 6.42. The Balaban J connectivity index is 3.61. The topological polar surface area (TPSA) is 126 Å². The van der Waals surface area contributed by atoms with Gasteiger partial charge in [-0.2, -0.15) is 0 Å². The van der Waals surface area contributed by atoms with Crippen molar-refractivity contribution in [1.82, 2.24) is 5.32 Å². The van der Waals surface area contributed by atoms with Crippen molar-refractivity contribution in [2.45, 2.75) is 13.0 Å². The molecule has 0 aromatic heterocycles. The molecule has 0 aromatic rings. The molecule has 1 atom stereocenters. The van der Waals surface area contributed by atoms with Gasteiger partial charge in [0, 0.05) is 6.54 Å². The molecule has 0 radical (unpaired) electrons. The Morgan fingerprint density at radius 2 is 2.09 bits per heavy atom. The quantitative estimate of drug-likeness (QED) is 0.243. The third-order valence-corrected chi connectivity index (χ3v) is 0.957. The lowest BCUT2D eigenvalue weighted by Gasteiger charge is -2.07. The standard InChI is InChI=1S/C5H14N6/c1-3(11-5(8)9)2-10-4(6)7/h3H,2H2,1H3,(H4,6,7,10)(H4,8,9,11). The van der Waals surface area contributed by atoms with Crippen LogP contribution in [0.5, 0.6) is 0 Å². The molecule has 0 aliphatic rings. The lowest BCUT2D eigenvalue weighted by molar-refractivity contribution is 0.700. The monoisotopic (exact) mass is 158 g/mol. The molecule has 64 valence electrons. The Kier molecular flexibility index (Phi) is 3.79. The Morgan fingerprint density at radius 3 is 2.45 bits per heavy atom. The molecule has 0 aliphatic carbocycles. The number of aliphatic imine (C=N–C) groups is 1. The molecule has 11 heavy (non-hydrogen) atoms. The third-order valence-electron chi connectivity index (χ3n) is 0.957. The van der Waals surface area contributed by atoms with Gasteiger partial charge in [0.15, 0.2) is 11.9 Å². The second kappa shape index (κ2) is 4.37. The van der Waals surface area contributed by atoms with Crippen LogP contribution in [-0.2, 0) is 0 Å². The van der Waals surface area contributed by atoms with Gasteiger partial charge in [0.1, 0.15) is 0 Å². The molecule has 6 heteroatoms. The summed E-state index contributed by atoms with van der Waals surface area (Å²) in [6, 6.07) is -0.0658. The highest BCUT2D eigenvalue weighted by Crippen LogP contribution is 1.83. The van der Waals surface area contributed by atoms with E-state index in [-0.39, 0.29) is 18.0 Å². The minimum absolute atomic E-state index is 0.0443. The van der Waals surface area contributed by atoms with E-state index in [4.69, 9.17) is 22.6 Å². The predicted molar refractivity (Wildman–Crippen MR) is 45.2 cm³/mol. The van der Waals surface area contributed by atoms with Crippen molar-refractivity contribution in [3.63, 3.8) is 0 Å². The lowest BCUT2D eigenvalue weighted by Crippen LogP contribution is -2.36. The fourth-order valence-corrected chi connectivity index (χ4v) is 0.558. The van der Waals surface area contributed by atoms with Gasteiger partial charge in [-0.1, -0.05) is 0 Å². The molecular weight excluding hydrogens is 144 g/mol. The summed E-state index contributed by atoms with van der Waals surface area (Å²) in [7, 11) is 0. The fraction of sp³-hybridized carbons (Fsp3) is 0.600. The van der Waals surface area contributed by atoms with Gasteiger partial charge < -0.3 is 22.5 Å². The fourth-order valence-electron chi connectivity index (χ4n) is 0.558. The molecule has 0 bridgehead atoms. The van der Waals surface area contributed by atoms with E-state index in [1.54, 1.807) is 0 Å². The summed E-state index contributed by atoms with van der Waals surface area (Å²) in [5.74, 6) is -0.0366. The first kappa shape index (κ1) is 9.54. The summed E-state index contributed by atoms with van der Waals surface area (Å²) in [5.41, 5.74) is 15.3. The van der Waals surface area contributed by atoms with Crippen molar-refractivity contribution in [2.24, 2.45) is 22.2 Å². The highest BCUT2D eigenvalue weighted by molar-refractivity contribution is 5.76. The number of nitrogens with zero attached hydrogens (tertiary/aromatic N) is 1. The number of nitrogens with one attached hydrogen (secondary N) is 2. The van der Waals surface area contributed by atoms with Crippen molar-refractivity contribution in [3.8, 4) is 0 Å². The van der Waals surface area contributed by atoms with Gasteiger partial charge in [-0.25, -0.2) is 4.99 Å². The van der Waals surface area contributed by atoms with E-state index in [1.165, 1.54) is 0 Å². The molecule has 0 aliphatic heterocycles. The minimum atomic E-state index is -0.0809. The molecule has 8 N–H and O–H groups in total. The Bertz CT molecular complexity index is 158. The summed E-state index contributed by atoms with van der Waals surface area (Å²) >= 11 is 0. The normalized spacial score (nSPS) is 11.7. The minimum Gasteiger partial charge on any atom is -0.370 e. The first-order chi connectivity index (χ1) is 5.02. The van der Waals surface area contributed by atoms with E-state index < -0.39 is 0 Å². The highest BCUT2D eigenvalue weighted by Gasteiger charge is 1.98. The Morgan fingerprint density at radius 1 is 1.55 bits per heavy atom. The number of hydrogen-bond acceptors (Lipinski definition) is 2. The second-order valence-electron chi connectivity index (χ2n) is 2.20. The number of rotatable bonds is 3. The second-order valence-corrected chi connectivity index (χ2v) is 2.20. The van der Waals surface area contributed by atoms with Crippen LogP contribution in [0.15, 0.2) is 4.99 Å². The van der Waals surface area contributed by atoms with Crippen molar-refractivity contribution in [1.29, 1.82) is 5.41 Å². The highest BCUT2D eigenvalue weighted by atomic mass is 15.1. The van der Waals surface area contributed by atoms with Gasteiger partial charge in [-0.05, 0) is 6.92 Å². The zero-order valence-electron chi connectivity index (χ0n) is 6.46. The lowest BCUT2D eigenvalue weighted by atomic mass is 10.3. The first-order valence-corrected chi connectivity index (χ1v) is 3.19. The predicted octanol–water partition coefficient (Wildman–Crippen LogP) is -1.87. The van der Waals surface area contributed by atoms with Crippen molar-refractivity contribution in [3.05, 3.63) is 0 Å². The van der Waals surface area contributed by atoms with Crippen LogP contribution < -0.4 is 22.5 Å². The zero-order valence-corrected chi connectivity index (χ0v) is 6.46. The molecule has 6 nitrogen and oxygen atoms in total. The molecule has 0 fully saturated rings. The zero-order chi connectivity index (χ0) is 8.85. The summed E-state index contributed by atoms with van der Waals surface area (Å²) in [5, 5.41) is 9.42. The van der Waals surface area contributed by atoms with E-state index >= 15 is 0 Å². The Hall–Kier alpha value is -1.46. The Labute approximate surface area is 65.3 Å². The average molecular weight is 158 g/mol. The van der Waals surface area contributed by atoms with Crippen LogP contribution >= 0.6 is 0 Å². The van der Waals surface area contributed by atoms with Crippen molar-refractivity contribution < 1.29 is 0 Å². The number of hydrogen-bond donors (Lipinski definition) is 5. The van der Waals surface area contributed by atoms with E-state index in [2.05, 4.69) is 10.3 Å². The maximum Gasteiger partial charge on any atom is 0.186 e. The molecule has 0 saturated carbocycles. The van der Waals surface area contributed by atoms with E-state index in [1.807, 2.05) is 6.92 Å². The largest absolute Gasteiger partial charge is 0.370 e. The van der Waals surface area contributed by atoms with Crippen molar-refractivity contribution in [2.75, 3.05) is 6.54 Å². The summed E-state index contributed by atoms with van der Waals surface area (Å²) in [4.78, 5) is 3.81. The number of guanidine groups is 2. The van der Waals surface area contributed by atoms with Crippen LogP contribution in [0.1, 0.15) is 6.92 Å². The molecule has 1 unspecified atom stereocenters. The molecule has 0 aromatic carbocycles. The van der Waals surface area contributed by atoms with Gasteiger partial charge in [0.05, 0.1) is 6.04 Å². The van der Waals surface area contributed by atoms with Gasteiger partial charge in [-0.15, -0.1) is 0 Å². The van der Waals surface area contributed by atoms with E-state index in [0.29, 0.717) is 6.54 Å². The molecule has 0 amide bonds. The molecule has 0 rings (SSSR count). The van der Waals surface area contributed by atoms with E-state index in [0.717, 1.165) is 0 Å². The van der Waals surface area contributed by atoms with Crippen LogP contribution in [0, 0.1) is 5.41 Å². The van der Waals surface area contributed by atoms with Gasteiger partial charge in [-0.3, -0.25) is 5.41 Å². The smallest absolute Gasteiger partial charge is 0.186 e. The van der Waals surface area contributed by atoms with Crippen LogP contribution in [0.2, 0.25) is 0 Å². The first-order valence-electron chi connectivity index (χ1n) is 3.19. The maximum atomic E-state index is 6.83. The number of nitrogens with two attached hydrogens (primary N) is 3. The molecular formula is C5H14N6. The summed E-state index contributed by atoms with van der Waals surface area (Å²) in [6.07, 6.45) is 0. The van der Waals surface area contributed by atoms with E-state index in [9.17, 15) is 0 Å². The summed E-state index contributed by atoms with van der Waals surface area (Å²) < 4.78 is 0. The van der Waals surface area contributed by atoms with Crippen LogP contribution in [0.25, 0.3) is 0 Å². The molecule has 0 spiro atoms. The average Bonchev–Trinajstić information content (AvgIpc) is 1.82. The van der Waals surface area contributed by atoms with Gasteiger partial charge in [0.25, 0.3) is 0 Å². The van der Waals surface area contributed by atoms with Crippen LogP contribution in [-0.4, -0.2) is 24.5 Å². The van der Waals surface area contributed by atoms with Gasteiger partial charge >= 0.3 is 0 Å². The summed E-state index contributed by atoms with van der Waals surface area (Å²) in [6.45, 7) is 2.28. The van der Waals surface area contributed by atoms with Crippen molar-refractivity contribution >= 4 is 11.9 Å². The van der Waals surface area contributed by atoms with Crippen LogP contribution in [0.4, 0.5) is 0 Å². The maximum absolute atomic E-state index is 6.83.